The minimum atomic E-state index is -0.478. The number of hydrogen-bond acceptors (Lipinski definition) is 4. The summed E-state index contributed by atoms with van der Waals surface area (Å²) >= 11 is 7.37. The van der Waals surface area contributed by atoms with Crippen molar-refractivity contribution in [1.82, 2.24) is 4.90 Å². The van der Waals surface area contributed by atoms with Crippen LogP contribution in [0.4, 0.5) is 11.4 Å². The average molecular weight is 416 g/mol. The minimum absolute atomic E-state index is 0.0763. The first kappa shape index (κ1) is 20.4. The number of nitrogens with zero attached hydrogens (tertiary/aromatic N) is 2. The number of nitrogens with one attached hydrogen (secondary N) is 1. The molecule has 0 radical (unpaired) electrons. The number of halogens is 1. The van der Waals surface area contributed by atoms with Crippen molar-refractivity contribution in [3.63, 3.8) is 0 Å². The number of thioether (sulfide) groups is 1. The molecular formula is C21H22ClN3O2S. The van der Waals surface area contributed by atoms with Gasteiger partial charge in [0.25, 0.3) is 0 Å². The zero-order chi connectivity index (χ0) is 20.1. The van der Waals surface area contributed by atoms with E-state index in [1.165, 1.54) is 11.8 Å². The number of hydrogen-bond donors (Lipinski definition) is 1. The van der Waals surface area contributed by atoms with Gasteiger partial charge >= 0.3 is 0 Å². The lowest BCUT2D eigenvalue weighted by atomic mass is 10.2. The molecule has 1 N–H and O–H groups in total. The first-order valence-electron chi connectivity index (χ1n) is 9.15. The van der Waals surface area contributed by atoms with Crippen LogP contribution in [0.15, 0.2) is 53.5 Å². The summed E-state index contributed by atoms with van der Waals surface area (Å²) in [5, 5.41) is 3.62. The van der Waals surface area contributed by atoms with E-state index in [9.17, 15) is 9.59 Å². The first-order valence-corrected chi connectivity index (χ1v) is 10.4. The van der Waals surface area contributed by atoms with Crippen molar-refractivity contribution < 1.29 is 9.59 Å². The van der Waals surface area contributed by atoms with Crippen LogP contribution in [-0.4, -0.2) is 33.7 Å². The summed E-state index contributed by atoms with van der Waals surface area (Å²) in [6.07, 6.45) is 0.912. The van der Waals surface area contributed by atoms with Gasteiger partial charge in [0.2, 0.25) is 11.8 Å². The molecule has 0 saturated carbocycles. The van der Waals surface area contributed by atoms with Crippen molar-refractivity contribution in [2.24, 2.45) is 4.99 Å². The maximum atomic E-state index is 12.8. The Morgan fingerprint density at radius 1 is 1.25 bits per heavy atom. The van der Waals surface area contributed by atoms with Gasteiger partial charge in [0.15, 0.2) is 5.17 Å². The zero-order valence-electron chi connectivity index (χ0n) is 15.8. The fourth-order valence-electron chi connectivity index (χ4n) is 2.89. The van der Waals surface area contributed by atoms with Gasteiger partial charge in [-0.15, -0.1) is 0 Å². The highest BCUT2D eigenvalue weighted by molar-refractivity contribution is 8.15. The van der Waals surface area contributed by atoms with Crippen LogP contribution in [0.3, 0.4) is 0 Å². The van der Waals surface area contributed by atoms with Crippen molar-refractivity contribution in [3.05, 3.63) is 59.1 Å². The first-order chi connectivity index (χ1) is 13.5. The van der Waals surface area contributed by atoms with Crippen LogP contribution < -0.4 is 5.32 Å². The molecule has 2 aromatic carbocycles. The van der Waals surface area contributed by atoms with Crippen LogP contribution in [0.5, 0.6) is 0 Å². The van der Waals surface area contributed by atoms with Gasteiger partial charge in [0.05, 0.1) is 5.69 Å². The van der Waals surface area contributed by atoms with Crippen LogP contribution >= 0.6 is 23.4 Å². The number of para-hydroxylation sites is 1. The fraction of sp³-hybridized carbons (Fsp3) is 0.286. The normalized spacial score (nSPS) is 18.0. The van der Waals surface area contributed by atoms with Gasteiger partial charge in [-0.3, -0.25) is 14.5 Å². The van der Waals surface area contributed by atoms with E-state index in [-0.39, 0.29) is 18.2 Å². The molecule has 146 valence electrons. The van der Waals surface area contributed by atoms with Crippen LogP contribution in [0, 0.1) is 6.92 Å². The van der Waals surface area contributed by atoms with Gasteiger partial charge in [0, 0.05) is 23.7 Å². The van der Waals surface area contributed by atoms with E-state index in [4.69, 9.17) is 11.6 Å². The number of carbonyl (C=O) groups excluding carboxylic acids is 2. The van der Waals surface area contributed by atoms with E-state index < -0.39 is 5.25 Å². The van der Waals surface area contributed by atoms with Gasteiger partial charge in [0.1, 0.15) is 5.25 Å². The molecule has 1 fully saturated rings. The number of amidine groups is 1. The van der Waals surface area contributed by atoms with Gasteiger partial charge < -0.3 is 5.32 Å². The highest BCUT2D eigenvalue weighted by atomic mass is 35.5. The monoisotopic (exact) mass is 415 g/mol. The van der Waals surface area contributed by atoms with E-state index in [0.717, 1.165) is 17.7 Å². The van der Waals surface area contributed by atoms with Crippen molar-refractivity contribution in [3.8, 4) is 0 Å². The van der Waals surface area contributed by atoms with Crippen molar-refractivity contribution in [2.75, 3.05) is 11.9 Å². The molecule has 5 nitrogen and oxygen atoms in total. The lowest BCUT2D eigenvalue weighted by molar-refractivity contribution is -0.128. The molecular weight excluding hydrogens is 394 g/mol. The summed E-state index contributed by atoms with van der Waals surface area (Å²) in [4.78, 5) is 31.6. The Morgan fingerprint density at radius 2 is 2.04 bits per heavy atom. The number of aryl methyl sites for hydroxylation is 1. The smallest absolute Gasteiger partial charge is 0.242 e. The SMILES string of the molecule is CCCN1C(=O)[C@@H](CC(=O)Nc2ccccc2C)SC1=Nc1cccc(Cl)c1. The second-order valence-corrected chi connectivity index (χ2v) is 8.14. The largest absolute Gasteiger partial charge is 0.326 e. The van der Waals surface area contributed by atoms with Gasteiger partial charge in [-0.05, 0) is 43.2 Å². The number of anilines is 1. The van der Waals surface area contributed by atoms with Gasteiger partial charge in [-0.25, -0.2) is 4.99 Å². The highest BCUT2D eigenvalue weighted by Crippen LogP contribution is 2.32. The highest BCUT2D eigenvalue weighted by Gasteiger charge is 2.38. The maximum absolute atomic E-state index is 12.8. The summed E-state index contributed by atoms with van der Waals surface area (Å²) < 4.78 is 0. The standard InChI is InChI=1S/C21H22ClN3O2S/c1-3-11-25-20(27)18(13-19(26)24-17-10-5-4-7-14(17)2)28-21(25)23-16-9-6-8-15(22)12-16/h4-10,12,18H,3,11,13H2,1-2H3,(H,24,26)/t18-/m1/s1. The van der Waals surface area contributed by atoms with Crippen molar-refractivity contribution >= 4 is 51.7 Å². The maximum Gasteiger partial charge on any atom is 0.242 e. The zero-order valence-corrected chi connectivity index (χ0v) is 17.4. The molecule has 1 atom stereocenters. The van der Waals surface area contributed by atoms with Crippen molar-refractivity contribution in [2.45, 2.75) is 31.9 Å². The predicted molar refractivity (Wildman–Crippen MR) is 116 cm³/mol. The number of benzene rings is 2. The van der Waals surface area contributed by atoms with Crippen LogP contribution in [0.2, 0.25) is 5.02 Å². The molecule has 3 rings (SSSR count). The van der Waals surface area contributed by atoms with Crippen LogP contribution in [-0.2, 0) is 9.59 Å². The molecule has 0 bridgehead atoms. The minimum Gasteiger partial charge on any atom is -0.326 e. The molecule has 1 aliphatic rings. The molecule has 2 aromatic rings. The Kier molecular flexibility index (Phi) is 6.75. The number of rotatable bonds is 6. The third kappa shape index (κ3) is 4.94. The summed E-state index contributed by atoms with van der Waals surface area (Å²) in [5.74, 6) is -0.256. The third-order valence-electron chi connectivity index (χ3n) is 4.29. The number of amides is 2. The molecule has 0 spiro atoms. The van der Waals surface area contributed by atoms with E-state index in [0.29, 0.717) is 22.4 Å². The number of carbonyl (C=O) groups is 2. The van der Waals surface area contributed by atoms with Gasteiger partial charge in [-0.1, -0.05) is 54.6 Å². The quantitative estimate of drug-likeness (QED) is 0.720. The second kappa shape index (κ2) is 9.26. The molecule has 28 heavy (non-hydrogen) atoms. The second-order valence-electron chi connectivity index (χ2n) is 6.54. The molecule has 1 saturated heterocycles. The summed E-state index contributed by atoms with van der Waals surface area (Å²) in [6, 6.07) is 14.8. The Balaban J connectivity index is 1.74. The Labute approximate surface area is 174 Å². The van der Waals surface area contributed by atoms with Crippen LogP contribution in [0.25, 0.3) is 0 Å². The van der Waals surface area contributed by atoms with Crippen LogP contribution in [0.1, 0.15) is 25.3 Å². The molecule has 1 heterocycles. The number of aliphatic imine (C=N–C) groups is 1. The van der Waals surface area contributed by atoms with E-state index in [1.54, 1.807) is 17.0 Å². The fourth-order valence-corrected chi connectivity index (χ4v) is 4.26. The van der Waals surface area contributed by atoms with E-state index in [1.807, 2.05) is 50.2 Å². The molecule has 2 amide bonds. The molecule has 0 unspecified atom stereocenters. The summed E-state index contributed by atoms with van der Waals surface area (Å²) in [7, 11) is 0. The Hall–Kier alpha value is -2.31. The Bertz CT molecular complexity index is 916. The average Bonchev–Trinajstić information content (AvgIpc) is 2.93. The molecule has 0 aliphatic carbocycles. The van der Waals surface area contributed by atoms with Crippen molar-refractivity contribution in [1.29, 1.82) is 0 Å². The lowest BCUT2D eigenvalue weighted by Gasteiger charge is -2.15. The predicted octanol–water partition coefficient (Wildman–Crippen LogP) is 5.02. The lowest BCUT2D eigenvalue weighted by Crippen LogP contribution is -2.34. The topological polar surface area (TPSA) is 61.8 Å². The molecule has 0 aromatic heterocycles. The molecule has 1 aliphatic heterocycles. The van der Waals surface area contributed by atoms with E-state index >= 15 is 0 Å². The Morgan fingerprint density at radius 3 is 2.75 bits per heavy atom. The third-order valence-corrected chi connectivity index (χ3v) is 5.70. The van der Waals surface area contributed by atoms with E-state index in [2.05, 4.69) is 10.3 Å². The summed E-state index contributed by atoms with van der Waals surface area (Å²) in [6.45, 7) is 4.51. The molecule has 7 heteroatoms. The van der Waals surface area contributed by atoms with Gasteiger partial charge in [-0.2, -0.15) is 0 Å². The summed E-state index contributed by atoms with van der Waals surface area (Å²) in [5.41, 5.74) is 2.44.